The predicted molar refractivity (Wildman–Crippen MR) is 150 cm³/mol. The molecule has 194 valence electrons. The number of allylic oxidation sites excluding steroid dienone is 1. The van der Waals surface area contributed by atoms with Gasteiger partial charge in [-0.3, -0.25) is 4.79 Å². The van der Waals surface area contributed by atoms with Gasteiger partial charge in [-0.05, 0) is 75.4 Å². The van der Waals surface area contributed by atoms with E-state index >= 15 is 0 Å². The summed E-state index contributed by atoms with van der Waals surface area (Å²) in [6, 6.07) is 11.0. The smallest absolute Gasteiger partial charge is 0.341 e. The summed E-state index contributed by atoms with van der Waals surface area (Å²) < 4.78 is 23.9. The predicted octanol–water partition coefficient (Wildman–Crippen LogP) is 6.82. The molecule has 1 aromatic heterocycles. The molecule has 1 fully saturated rings. The molecule has 0 radical (unpaired) electrons. The molecule has 1 heterocycles. The molecule has 8 heteroatoms. The van der Waals surface area contributed by atoms with E-state index in [1.165, 1.54) is 18.0 Å². The highest BCUT2D eigenvalue weighted by Crippen LogP contribution is 2.40. The molecule has 2 N–H and O–H groups in total. The topological polar surface area (TPSA) is 74.6 Å². The molecule has 0 atom stereocenters. The van der Waals surface area contributed by atoms with Crippen LogP contribution in [0, 0.1) is 26.6 Å². The Balaban J connectivity index is 2.00. The van der Waals surface area contributed by atoms with Gasteiger partial charge in [-0.15, -0.1) is 0 Å². The molecule has 0 saturated heterocycles. The number of aryl methyl sites for hydroxylation is 1. The molecular weight excluding hydrogens is 489 g/mol. The van der Waals surface area contributed by atoms with Crippen molar-refractivity contribution in [2.75, 3.05) is 23.3 Å². The monoisotopic (exact) mass is 521 g/mol. The van der Waals surface area contributed by atoms with Gasteiger partial charge in [-0.25, -0.2) is 9.18 Å². The number of rotatable bonds is 9. The zero-order chi connectivity index (χ0) is 26.9. The van der Waals surface area contributed by atoms with Gasteiger partial charge < -0.3 is 19.4 Å². The van der Waals surface area contributed by atoms with E-state index in [2.05, 4.69) is 14.9 Å². The van der Waals surface area contributed by atoms with Gasteiger partial charge in [0.2, 0.25) is 0 Å². The first-order chi connectivity index (χ1) is 17.7. The molecule has 0 unspecified atom stereocenters. The number of benzene rings is 2. The fourth-order valence-electron chi connectivity index (χ4n) is 4.48. The van der Waals surface area contributed by atoms with Crippen LogP contribution >= 0.6 is 11.9 Å². The van der Waals surface area contributed by atoms with Gasteiger partial charge in [0.1, 0.15) is 5.82 Å². The molecule has 1 saturated carbocycles. The second kappa shape index (κ2) is 10.8. The maximum Gasteiger partial charge on any atom is 0.341 e. The van der Waals surface area contributed by atoms with Crippen LogP contribution in [0.25, 0.3) is 5.57 Å². The Morgan fingerprint density at radius 2 is 1.86 bits per heavy atom. The Bertz CT molecular complexity index is 1440. The lowest BCUT2D eigenvalue weighted by Crippen LogP contribution is -2.21. The van der Waals surface area contributed by atoms with Crippen molar-refractivity contribution in [3.05, 3.63) is 91.9 Å². The third kappa shape index (κ3) is 5.30. The highest BCUT2D eigenvalue weighted by Gasteiger charge is 2.31. The number of aldehydes is 1. The van der Waals surface area contributed by atoms with Gasteiger partial charge in [-0.1, -0.05) is 30.1 Å². The number of hydrogen-bond acceptors (Lipinski definition) is 7. The zero-order valence-corrected chi connectivity index (χ0v) is 22.8. The normalized spacial score (nSPS) is 13.7. The van der Waals surface area contributed by atoms with E-state index in [1.54, 1.807) is 26.0 Å². The first-order valence-corrected chi connectivity index (χ1v) is 13.4. The summed E-state index contributed by atoms with van der Waals surface area (Å²) in [5, 5.41) is 3.01. The first kappa shape index (κ1) is 26.5. The summed E-state index contributed by atoms with van der Waals surface area (Å²) in [4.78, 5) is 27.9. The van der Waals surface area contributed by atoms with Crippen molar-refractivity contribution in [2.45, 2.75) is 46.6 Å². The molecule has 1 aliphatic rings. The minimum Gasteiger partial charge on any atom is -0.422 e. The van der Waals surface area contributed by atoms with E-state index in [9.17, 15) is 14.0 Å². The van der Waals surface area contributed by atoms with Gasteiger partial charge in [0.25, 0.3) is 0 Å². The Morgan fingerprint density at radius 3 is 2.49 bits per heavy atom. The van der Waals surface area contributed by atoms with Crippen LogP contribution in [0.1, 0.15) is 58.1 Å². The Kier molecular flexibility index (Phi) is 7.78. The van der Waals surface area contributed by atoms with Crippen molar-refractivity contribution >= 4 is 40.9 Å². The van der Waals surface area contributed by atoms with Crippen LogP contribution in [0.15, 0.2) is 51.3 Å². The van der Waals surface area contributed by atoms with E-state index in [0.29, 0.717) is 17.9 Å². The number of anilines is 3. The fraction of sp³-hybridized carbons (Fsp3) is 0.310. The van der Waals surface area contributed by atoms with Crippen LogP contribution in [-0.2, 0) is 0 Å². The van der Waals surface area contributed by atoms with E-state index in [0.717, 1.165) is 40.9 Å². The van der Waals surface area contributed by atoms with Crippen molar-refractivity contribution in [1.82, 2.24) is 4.90 Å². The number of nitrogens with one attached hydrogen (secondary N) is 2. The molecule has 0 aliphatic heterocycles. The van der Waals surface area contributed by atoms with Gasteiger partial charge in [0.05, 0.1) is 22.5 Å². The van der Waals surface area contributed by atoms with Gasteiger partial charge in [0.15, 0.2) is 12.0 Å². The summed E-state index contributed by atoms with van der Waals surface area (Å²) in [7, 11) is 2.01. The summed E-state index contributed by atoms with van der Waals surface area (Å²) in [6.45, 7) is 7.33. The minimum atomic E-state index is -0.592. The third-order valence-electron chi connectivity index (χ3n) is 6.92. The van der Waals surface area contributed by atoms with Crippen LogP contribution in [0.3, 0.4) is 0 Å². The summed E-state index contributed by atoms with van der Waals surface area (Å²) in [6.07, 6.45) is 4.77. The van der Waals surface area contributed by atoms with Crippen molar-refractivity contribution in [1.29, 1.82) is 0 Å². The van der Waals surface area contributed by atoms with Crippen LogP contribution in [0.5, 0.6) is 0 Å². The molecule has 1 aliphatic carbocycles. The molecular formula is C29H32FN3O3S. The second-order valence-corrected chi connectivity index (χ2v) is 10.1. The molecule has 4 rings (SSSR count). The number of carbonyl (C=O) groups is 1. The summed E-state index contributed by atoms with van der Waals surface area (Å²) >= 11 is 1.48. The van der Waals surface area contributed by atoms with Crippen LogP contribution < -0.4 is 15.7 Å². The van der Waals surface area contributed by atoms with E-state index < -0.39 is 11.4 Å². The Morgan fingerprint density at radius 1 is 1.14 bits per heavy atom. The van der Waals surface area contributed by atoms with Gasteiger partial charge in [0, 0.05) is 36.3 Å². The van der Waals surface area contributed by atoms with Crippen LogP contribution in [-0.4, -0.2) is 30.5 Å². The standard InChI is InChI=1S/C29H32FN3O3S/c1-16-10-13-25(23(30)14-16)31-27-18(3)29(35)36-28(22(27)15-34)26(19(4)33(5)20-11-12-20)21-8-7-9-24(17(21)2)32-37-6/h7-10,13-15,20,31-32H,11-12H2,1-6H3/b26-19-. The lowest BCUT2D eigenvalue weighted by Gasteiger charge is -2.25. The number of halogens is 1. The zero-order valence-electron chi connectivity index (χ0n) is 22.0. The maximum absolute atomic E-state index is 14.8. The Hall–Kier alpha value is -3.52. The maximum atomic E-state index is 14.8. The molecule has 37 heavy (non-hydrogen) atoms. The summed E-state index contributed by atoms with van der Waals surface area (Å²) in [5.74, 6) is -0.312. The number of nitrogens with zero attached hydrogens (tertiary/aromatic N) is 1. The van der Waals surface area contributed by atoms with E-state index in [1.807, 2.05) is 45.4 Å². The molecule has 6 nitrogen and oxygen atoms in total. The molecule has 0 amide bonds. The molecule has 3 aromatic rings. The average Bonchev–Trinajstić information content (AvgIpc) is 3.71. The first-order valence-electron chi connectivity index (χ1n) is 12.2. The Labute approximate surface area is 221 Å². The van der Waals surface area contributed by atoms with Crippen molar-refractivity contribution in [3.8, 4) is 0 Å². The SMILES string of the molecule is CSNc1cccc(/C(=C(\C)N(C)C2CC2)c2oc(=O)c(C)c(Nc3ccc(C)cc3F)c2C=O)c1C. The van der Waals surface area contributed by atoms with Crippen molar-refractivity contribution in [3.63, 3.8) is 0 Å². The van der Waals surface area contributed by atoms with Crippen molar-refractivity contribution < 1.29 is 13.6 Å². The lowest BCUT2D eigenvalue weighted by molar-refractivity contribution is 0.112. The minimum absolute atomic E-state index is 0.162. The molecule has 2 aromatic carbocycles. The fourth-order valence-corrected chi connectivity index (χ4v) is 4.92. The highest BCUT2D eigenvalue weighted by molar-refractivity contribution is 7.99. The largest absolute Gasteiger partial charge is 0.422 e. The molecule has 0 spiro atoms. The third-order valence-corrected chi connectivity index (χ3v) is 7.34. The van der Waals surface area contributed by atoms with Crippen LogP contribution in [0.2, 0.25) is 0 Å². The van der Waals surface area contributed by atoms with E-state index in [-0.39, 0.29) is 28.3 Å². The highest BCUT2D eigenvalue weighted by atomic mass is 32.2. The second-order valence-electron chi connectivity index (χ2n) is 9.45. The van der Waals surface area contributed by atoms with Crippen molar-refractivity contribution in [2.24, 2.45) is 0 Å². The van der Waals surface area contributed by atoms with E-state index in [4.69, 9.17) is 4.42 Å². The number of hydrogen-bond donors (Lipinski definition) is 2. The van der Waals surface area contributed by atoms with Crippen LogP contribution in [0.4, 0.5) is 21.5 Å². The number of carbonyl (C=O) groups excluding carboxylic acids is 1. The van der Waals surface area contributed by atoms with Gasteiger partial charge in [-0.2, -0.15) is 0 Å². The average molecular weight is 522 g/mol. The van der Waals surface area contributed by atoms with Gasteiger partial charge >= 0.3 is 5.63 Å². The quantitative estimate of drug-likeness (QED) is 0.236. The molecule has 0 bridgehead atoms. The lowest BCUT2D eigenvalue weighted by atomic mass is 9.92. The summed E-state index contributed by atoms with van der Waals surface area (Å²) in [5.41, 5.74) is 5.21.